The lowest BCUT2D eigenvalue weighted by Gasteiger charge is -2.41. The van der Waals surface area contributed by atoms with Crippen molar-refractivity contribution >= 4 is 11.8 Å². The summed E-state index contributed by atoms with van der Waals surface area (Å²) < 4.78 is 0. The fraction of sp³-hybridized carbons (Fsp3) is 0.259. The molecule has 0 spiro atoms. The van der Waals surface area contributed by atoms with Gasteiger partial charge in [0.05, 0.1) is 5.92 Å². The zero-order valence-electron chi connectivity index (χ0n) is 18.4. The van der Waals surface area contributed by atoms with Gasteiger partial charge in [-0.1, -0.05) is 91.0 Å². The van der Waals surface area contributed by atoms with Gasteiger partial charge in [0.2, 0.25) is 11.8 Å². The summed E-state index contributed by atoms with van der Waals surface area (Å²) in [6, 6.07) is 29.5. The van der Waals surface area contributed by atoms with Crippen molar-refractivity contribution in [2.75, 3.05) is 26.7 Å². The highest BCUT2D eigenvalue weighted by atomic mass is 16.2. The molecule has 0 aliphatic carbocycles. The fourth-order valence-corrected chi connectivity index (χ4v) is 4.39. The van der Waals surface area contributed by atoms with Gasteiger partial charge in [0.15, 0.2) is 0 Å². The lowest BCUT2D eigenvalue weighted by molar-refractivity contribution is -0.138. The third kappa shape index (κ3) is 4.89. The van der Waals surface area contributed by atoms with Crippen molar-refractivity contribution < 1.29 is 9.59 Å². The first-order valence-corrected chi connectivity index (χ1v) is 11.1. The van der Waals surface area contributed by atoms with E-state index < -0.39 is 0 Å². The van der Waals surface area contributed by atoms with E-state index in [0.29, 0.717) is 26.2 Å². The number of carbonyl (C=O) groups is 2. The molecule has 164 valence electrons. The highest BCUT2D eigenvalue weighted by Crippen LogP contribution is 2.28. The summed E-state index contributed by atoms with van der Waals surface area (Å²) in [6.45, 7) is 2.30. The van der Waals surface area contributed by atoms with Gasteiger partial charge in [-0.25, -0.2) is 0 Å². The molecule has 0 aromatic heterocycles. The molecule has 1 aliphatic heterocycles. The molecule has 0 bridgehead atoms. The van der Waals surface area contributed by atoms with Gasteiger partial charge in [-0.15, -0.1) is 0 Å². The first-order chi connectivity index (χ1) is 15.7. The van der Waals surface area contributed by atoms with Crippen LogP contribution in [-0.4, -0.2) is 54.3 Å². The van der Waals surface area contributed by atoms with Crippen molar-refractivity contribution in [1.29, 1.82) is 0 Å². The molecule has 1 N–H and O–H groups in total. The van der Waals surface area contributed by atoms with Gasteiger partial charge in [-0.05, 0) is 16.7 Å². The van der Waals surface area contributed by atoms with Gasteiger partial charge < -0.3 is 10.2 Å². The monoisotopic (exact) mass is 427 g/mol. The van der Waals surface area contributed by atoms with E-state index in [1.165, 1.54) is 0 Å². The van der Waals surface area contributed by atoms with Gasteiger partial charge >= 0.3 is 0 Å². The topological polar surface area (TPSA) is 52.7 Å². The van der Waals surface area contributed by atoms with E-state index in [9.17, 15) is 9.59 Å². The Hall–Kier alpha value is -3.44. The lowest BCUT2D eigenvalue weighted by atomic mass is 9.89. The van der Waals surface area contributed by atoms with E-state index in [0.717, 1.165) is 16.7 Å². The predicted molar refractivity (Wildman–Crippen MR) is 126 cm³/mol. The molecule has 2 amide bonds. The number of nitrogens with one attached hydrogen (secondary N) is 1. The number of likely N-dealkylation sites (N-methyl/N-ethyl adjacent to an activating group) is 1. The maximum absolute atomic E-state index is 13.8. The maximum atomic E-state index is 13.8. The summed E-state index contributed by atoms with van der Waals surface area (Å²) in [5.41, 5.74) is 3.09. The van der Waals surface area contributed by atoms with E-state index in [4.69, 9.17) is 0 Å². The summed E-state index contributed by atoms with van der Waals surface area (Å²) in [7, 11) is 1.65. The molecular formula is C27H29N3O2. The molecule has 5 nitrogen and oxygen atoms in total. The molecule has 3 aromatic carbocycles. The van der Waals surface area contributed by atoms with E-state index in [1.54, 1.807) is 7.05 Å². The van der Waals surface area contributed by atoms with Crippen LogP contribution in [0, 0.1) is 0 Å². The number of carbonyl (C=O) groups excluding carboxylic acids is 2. The average molecular weight is 428 g/mol. The minimum absolute atomic E-state index is 0.0377. The Morgan fingerprint density at radius 2 is 1.38 bits per heavy atom. The summed E-state index contributed by atoms with van der Waals surface area (Å²) in [5.74, 6) is -0.409. The largest absolute Gasteiger partial charge is 0.358 e. The standard InChI is InChI=1S/C27H29N3O2/c1-28-26(31)24-20-30(18-17-29(24)19-21-11-5-2-6-12-21)27(32)25(22-13-7-3-8-14-22)23-15-9-4-10-16-23/h2-16,24-25H,17-20H2,1H3,(H,28,31). The molecule has 1 unspecified atom stereocenters. The quantitative estimate of drug-likeness (QED) is 0.657. The Balaban J connectivity index is 1.58. The second kappa shape index (κ2) is 10.2. The predicted octanol–water partition coefficient (Wildman–Crippen LogP) is 3.28. The molecule has 1 fully saturated rings. The molecule has 0 saturated carbocycles. The Morgan fingerprint density at radius 1 is 0.844 bits per heavy atom. The summed E-state index contributed by atoms with van der Waals surface area (Å²) in [4.78, 5) is 30.6. The zero-order valence-corrected chi connectivity index (χ0v) is 18.4. The van der Waals surface area contributed by atoms with Crippen molar-refractivity contribution in [3.63, 3.8) is 0 Å². The van der Waals surface area contributed by atoms with Crippen LogP contribution in [0.15, 0.2) is 91.0 Å². The van der Waals surface area contributed by atoms with Crippen molar-refractivity contribution in [1.82, 2.24) is 15.1 Å². The second-order valence-electron chi connectivity index (χ2n) is 8.12. The Labute approximate surface area is 189 Å². The summed E-state index contributed by atoms with van der Waals surface area (Å²) in [5, 5.41) is 2.78. The van der Waals surface area contributed by atoms with Gasteiger partial charge in [-0.2, -0.15) is 0 Å². The smallest absolute Gasteiger partial charge is 0.238 e. The molecule has 1 heterocycles. The lowest BCUT2D eigenvalue weighted by Crippen LogP contribution is -2.59. The zero-order chi connectivity index (χ0) is 22.3. The molecule has 1 atom stereocenters. The van der Waals surface area contributed by atoms with E-state index >= 15 is 0 Å². The summed E-state index contributed by atoms with van der Waals surface area (Å²) in [6.07, 6.45) is 0. The first-order valence-electron chi connectivity index (χ1n) is 11.1. The van der Waals surface area contributed by atoms with Crippen LogP contribution >= 0.6 is 0 Å². The number of rotatable bonds is 6. The maximum Gasteiger partial charge on any atom is 0.238 e. The third-order valence-electron chi connectivity index (χ3n) is 6.09. The molecule has 4 rings (SSSR count). The second-order valence-corrected chi connectivity index (χ2v) is 8.12. The third-order valence-corrected chi connectivity index (χ3v) is 6.09. The Kier molecular flexibility index (Phi) is 6.97. The highest BCUT2D eigenvalue weighted by Gasteiger charge is 2.36. The van der Waals surface area contributed by atoms with Crippen molar-refractivity contribution in [2.24, 2.45) is 0 Å². The van der Waals surface area contributed by atoms with Gasteiger partial charge in [0.1, 0.15) is 6.04 Å². The van der Waals surface area contributed by atoms with Crippen LogP contribution in [0.1, 0.15) is 22.6 Å². The van der Waals surface area contributed by atoms with Crippen LogP contribution in [0.2, 0.25) is 0 Å². The van der Waals surface area contributed by atoms with Crippen molar-refractivity contribution in [3.05, 3.63) is 108 Å². The van der Waals surface area contributed by atoms with Crippen LogP contribution in [0.4, 0.5) is 0 Å². The van der Waals surface area contributed by atoms with Crippen molar-refractivity contribution in [2.45, 2.75) is 18.5 Å². The first kappa shape index (κ1) is 21.8. The molecule has 5 heteroatoms. The molecule has 3 aromatic rings. The molecule has 1 saturated heterocycles. The number of hydrogen-bond acceptors (Lipinski definition) is 3. The van der Waals surface area contributed by atoms with Crippen LogP contribution in [-0.2, 0) is 16.1 Å². The van der Waals surface area contributed by atoms with Gasteiger partial charge in [-0.3, -0.25) is 14.5 Å². The van der Waals surface area contributed by atoms with Crippen molar-refractivity contribution in [3.8, 4) is 0 Å². The van der Waals surface area contributed by atoms with Gasteiger partial charge in [0.25, 0.3) is 0 Å². The molecular weight excluding hydrogens is 398 g/mol. The average Bonchev–Trinajstić information content (AvgIpc) is 2.86. The van der Waals surface area contributed by atoms with E-state index in [2.05, 4.69) is 22.3 Å². The number of nitrogens with zero attached hydrogens (tertiary/aromatic N) is 2. The van der Waals surface area contributed by atoms with Crippen LogP contribution in [0.5, 0.6) is 0 Å². The number of hydrogen-bond donors (Lipinski definition) is 1. The van der Waals surface area contributed by atoms with Gasteiger partial charge in [0, 0.05) is 33.2 Å². The highest BCUT2D eigenvalue weighted by molar-refractivity contribution is 5.89. The van der Waals surface area contributed by atoms with Crippen LogP contribution in [0.3, 0.4) is 0 Å². The normalized spacial score (nSPS) is 16.7. The fourth-order valence-electron chi connectivity index (χ4n) is 4.39. The Morgan fingerprint density at radius 3 is 1.91 bits per heavy atom. The minimum atomic E-state index is -0.386. The molecule has 0 radical (unpaired) electrons. The van der Waals surface area contributed by atoms with Crippen LogP contribution < -0.4 is 5.32 Å². The number of piperazine rings is 1. The molecule has 32 heavy (non-hydrogen) atoms. The number of amides is 2. The Bertz CT molecular complexity index is 985. The van der Waals surface area contributed by atoms with E-state index in [-0.39, 0.29) is 23.8 Å². The van der Waals surface area contributed by atoms with Crippen LogP contribution in [0.25, 0.3) is 0 Å². The molecule has 1 aliphatic rings. The SMILES string of the molecule is CNC(=O)C1CN(C(=O)C(c2ccccc2)c2ccccc2)CCN1Cc1ccccc1. The number of benzene rings is 3. The van der Waals surface area contributed by atoms with E-state index in [1.807, 2.05) is 83.8 Å². The summed E-state index contributed by atoms with van der Waals surface area (Å²) >= 11 is 0. The minimum Gasteiger partial charge on any atom is -0.358 e.